The molecule has 104 valence electrons. The highest BCUT2D eigenvalue weighted by Crippen LogP contribution is 2.05. The predicted molar refractivity (Wildman–Crippen MR) is 64.8 cm³/mol. The lowest BCUT2D eigenvalue weighted by Gasteiger charge is -2.08. The van der Waals surface area contributed by atoms with Crippen LogP contribution in [0.4, 0.5) is 0 Å². The smallest absolute Gasteiger partial charge is 0.332 e. The summed E-state index contributed by atoms with van der Waals surface area (Å²) >= 11 is 0. The maximum Gasteiger partial charge on any atom is 0.332 e. The van der Waals surface area contributed by atoms with Crippen molar-refractivity contribution in [2.24, 2.45) is 14.1 Å². The van der Waals surface area contributed by atoms with Gasteiger partial charge in [-0.05, 0) is 0 Å². The zero-order valence-corrected chi connectivity index (χ0v) is 11.0. The molecule has 0 saturated heterocycles. The summed E-state index contributed by atoms with van der Waals surface area (Å²) in [5, 5.41) is 0. The second kappa shape index (κ2) is 4.31. The van der Waals surface area contributed by atoms with Crippen LogP contribution in [0.1, 0.15) is 0 Å². The van der Waals surface area contributed by atoms with E-state index in [2.05, 4.69) is 4.98 Å². The third-order valence-electron chi connectivity index (χ3n) is 2.80. The second-order valence-electron chi connectivity index (χ2n) is 4.08. The van der Waals surface area contributed by atoms with Crippen molar-refractivity contribution in [1.29, 1.82) is 0 Å². The van der Waals surface area contributed by atoms with Crippen molar-refractivity contribution in [3.8, 4) is 0 Å². The molecule has 0 spiro atoms. The minimum atomic E-state index is -4.39. The Morgan fingerprint density at radius 1 is 1.26 bits per heavy atom. The lowest BCUT2D eigenvalue weighted by molar-refractivity contribution is 0.459. The number of hydrogen-bond donors (Lipinski definition) is 0. The van der Waals surface area contributed by atoms with Gasteiger partial charge in [-0.1, -0.05) is 0 Å². The van der Waals surface area contributed by atoms with Crippen molar-refractivity contribution in [2.75, 3.05) is 5.75 Å². The number of aromatic nitrogens is 4. The first-order valence-corrected chi connectivity index (χ1v) is 6.84. The summed E-state index contributed by atoms with van der Waals surface area (Å²) in [4.78, 5) is 27.5. The Kier molecular flexibility index (Phi) is 3.06. The molecule has 0 N–H and O–H groups in total. The van der Waals surface area contributed by atoms with Crippen LogP contribution < -0.4 is 11.2 Å². The average molecular weight is 287 g/mol. The van der Waals surface area contributed by atoms with Crippen molar-refractivity contribution in [3.05, 3.63) is 27.2 Å². The third-order valence-corrected chi connectivity index (χ3v) is 3.48. The van der Waals surface area contributed by atoms with Crippen LogP contribution in [0.2, 0.25) is 0 Å². The summed E-state index contributed by atoms with van der Waals surface area (Å²) in [6.45, 7) is -0.185. The van der Waals surface area contributed by atoms with Crippen LogP contribution in [0.15, 0.2) is 15.9 Å². The van der Waals surface area contributed by atoms with E-state index in [1.165, 1.54) is 29.6 Å². The summed E-state index contributed by atoms with van der Waals surface area (Å²) in [7, 11) is -1.62. The highest BCUT2D eigenvalue weighted by molar-refractivity contribution is 7.85. The van der Waals surface area contributed by atoms with Gasteiger partial charge in [0.1, 0.15) is 0 Å². The molecule has 19 heavy (non-hydrogen) atoms. The van der Waals surface area contributed by atoms with Crippen LogP contribution >= 0.6 is 0 Å². The maximum absolute atomic E-state index is 12.0. The lowest BCUT2D eigenvalue weighted by Crippen LogP contribution is -2.37. The van der Waals surface area contributed by atoms with Gasteiger partial charge in [0.25, 0.3) is 5.56 Å². The number of fused-ring (bicyclic) bond motifs is 1. The largest absolute Gasteiger partial charge is 0.748 e. The fourth-order valence-electron chi connectivity index (χ4n) is 1.78. The molecule has 9 nitrogen and oxygen atoms in total. The van der Waals surface area contributed by atoms with E-state index < -0.39 is 27.1 Å². The number of nitrogens with zero attached hydrogens (tertiary/aromatic N) is 4. The first kappa shape index (κ1) is 13.5. The molecule has 2 aromatic heterocycles. The summed E-state index contributed by atoms with van der Waals surface area (Å²) in [6.07, 6.45) is 1.23. The molecule has 2 heterocycles. The van der Waals surface area contributed by atoms with E-state index in [4.69, 9.17) is 0 Å². The van der Waals surface area contributed by atoms with E-state index in [9.17, 15) is 22.6 Å². The van der Waals surface area contributed by atoms with Gasteiger partial charge in [-0.25, -0.2) is 18.2 Å². The molecule has 0 amide bonds. The predicted octanol–water partition coefficient (Wildman–Crippen LogP) is -2.02. The lowest BCUT2D eigenvalue weighted by atomic mass is 10.5. The van der Waals surface area contributed by atoms with Gasteiger partial charge < -0.3 is 9.12 Å². The van der Waals surface area contributed by atoms with Gasteiger partial charge >= 0.3 is 5.69 Å². The molecule has 0 saturated carbocycles. The molecule has 0 aromatic carbocycles. The number of hydrogen-bond acceptors (Lipinski definition) is 6. The SMILES string of the molecule is Cn1c(=O)c2c(ncn2CCS(=O)(=O)[O-])n(C)c1=O. The molecule has 2 aromatic rings. The molecule has 0 aliphatic rings. The fourth-order valence-corrected chi connectivity index (χ4v) is 2.20. The van der Waals surface area contributed by atoms with Gasteiger partial charge in [-0.15, -0.1) is 0 Å². The Morgan fingerprint density at radius 3 is 2.47 bits per heavy atom. The van der Waals surface area contributed by atoms with Crippen molar-refractivity contribution in [3.63, 3.8) is 0 Å². The van der Waals surface area contributed by atoms with Crippen LogP contribution in [-0.2, 0) is 30.8 Å². The fraction of sp³-hybridized carbons (Fsp3) is 0.444. The molecule has 0 unspecified atom stereocenters. The Balaban J connectivity index is 2.67. The molecule has 0 atom stereocenters. The Labute approximate surface area is 107 Å². The zero-order chi connectivity index (χ0) is 14.4. The highest BCUT2D eigenvalue weighted by atomic mass is 32.2. The first-order chi connectivity index (χ1) is 8.72. The summed E-state index contributed by atoms with van der Waals surface area (Å²) in [5.74, 6) is -0.648. The van der Waals surface area contributed by atoms with Gasteiger partial charge in [0.05, 0.1) is 22.2 Å². The van der Waals surface area contributed by atoms with Gasteiger partial charge in [0.2, 0.25) is 0 Å². The number of rotatable bonds is 3. The van der Waals surface area contributed by atoms with E-state index >= 15 is 0 Å². The van der Waals surface area contributed by atoms with Crippen molar-refractivity contribution in [2.45, 2.75) is 6.54 Å². The summed E-state index contributed by atoms with van der Waals surface area (Å²) in [6, 6.07) is 0. The van der Waals surface area contributed by atoms with Crippen molar-refractivity contribution >= 4 is 21.3 Å². The molecule has 0 bridgehead atoms. The van der Waals surface area contributed by atoms with E-state index in [0.29, 0.717) is 0 Å². The molecule has 0 aliphatic carbocycles. The van der Waals surface area contributed by atoms with Crippen LogP contribution in [0.25, 0.3) is 11.2 Å². The molecular formula is C9H11N4O5S-. The van der Waals surface area contributed by atoms with E-state index in [1.54, 1.807) is 0 Å². The van der Waals surface area contributed by atoms with Crippen molar-refractivity contribution in [1.82, 2.24) is 18.7 Å². The maximum atomic E-state index is 12.0. The van der Waals surface area contributed by atoms with Crippen molar-refractivity contribution < 1.29 is 13.0 Å². The van der Waals surface area contributed by atoms with E-state index in [-0.39, 0.29) is 17.7 Å². The quantitative estimate of drug-likeness (QED) is 0.601. The van der Waals surface area contributed by atoms with Gasteiger partial charge in [0.15, 0.2) is 11.2 Å². The first-order valence-electron chi connectivity index (χ1n) is 5.27. The Bertz CT molecular complexity index is 857. The van der Waals surface area contributed by atoms with Gasteiger partial charge in [0, 0.05) is 20.6 Å². The van der Waals surface area contributed by atoms with Crippen LogP contribution in [0.5, 0.6) is 0 Å². The molecule has 0 aliphatic heterocycles. The minimum absolute atomic E-state index is 0.0910. The normalized spacial score (nSPS) is 12.2. The Hall–Kier alpha value is -1.94. The summed E-state index contributed by atoms with van der Waals surface area (Å²) < 4.78 is 35.2. The minimum Gasteiger partial charge on any atom is -0.748 e. The van der Waals surface area contributed by atoms with Gasteiger partial charge in [-0.3, -0.25) is 13.9 Å². The highest BCUT2D eigenvalue weighted by Gasteiger charge is 2.14. The van der Waals surface area contributed by atoms with Crippen LogP contribution in [0, 0.1) is 0 Å². The van der Waals surface area contributed by atoms with E-state index in [1.807, 2.05) is 0 Å². The van der Waals surface area contributed by atoms with Crippen LogP contribution in [-0.4, -0.2) is 37.4 Å². The monoisotopic (exact) mass is 287 g/mol. The zero-order valence-electron chi connectivity index (χ0n) is 10.2. The van der Waals surface area contributed by atoms with E-state index in [0.717, 1.165) is 4.57 Å². The topological polar surface area (TPSA) is 119 Å². The third kappa shape index (κ3) is 2.31. The number of aryl methyl sites for hydroxylation is 2. The molecule has 10 heteroatoms. The molecule has 2 rings (SSSR count). The average Bonchev–Trinajstić information content (AvgIpc) is 2.74. The van der Waals surface area contributed by atoms with Gasteiger partial charge in [-0.2, -0.15) is 0 Å². The van der Waals surface area contributed by atoms with Crippen LogP contribution in [0.3, 0.4) is 0 Å². The second-order valence-corrected chi connectivity index (χ2v) is 5.60. The Morgan fingerprint density at radius 2 is 1.89 bits per heavy atom. The molecular weight excluding hydrogens is 276 g/mol. The molecule has 0 fully saturated rings. The standard InChI is InChI=1S/C9H12N4O5S/c1-11-7-6(8(14)12(2)9(11)15)13(5-10-7)3-4-19(16,17)18/h5H,3-4H2,1-2H3,(H,16,17,18)/p-1. The molecule has 0 radical (unpaired) electrons. The number of imidazole rings is 1. The summed E-state index contributed by atoms with van der Waals surface area (Å²) in [5.41, 5.74) is -0.872.